The van der Waals surface area contributed by atoms with Crippen molar-refractivity contribution in [2.45, 2.75) is 45.6 Å². The van der Waals surface area contributed by atoms with Gasteiger partial charge in [-0.25, -0.2) is 0 Å². The van der Waals surface area contributed by atoms with Crippen molar-refractivity contribution in [3.05, 3.63) is 26.7 Å². The fourth-order valence-corrected chi connectivity index (χ4v) is 3.19. The van der Waals surface area contributed by atoms with Crippen LogP contribution in [0.1, 0.15) is 39.5 Å². The smallest absolute Gasteiger partial charge is 0.0721 e. The van der Waals surface area contributed by atoms with Crippen LogP contribution in [-0.4, -0.2) is 6.04 Å². The molecular weight excluding hydrogens is 321 g/mol. The molecule has 0 aliphatic heterocycles. The summed E-state index contributed by atoms with van der Waals surface area (Å²) in [7, 11) is 0. The van der Waals surface area contributed by atoms with E-state index in [0.29, 0.717) is 16.1 Å². The van der Waals surface area contributed by atoms with E-state index in [1.165, 1.54) is 0 Å². The van der Waals surface area contributed by atoms with E-state index >= 15 is 0 Å². The molecule has 0 aliphatic rings. The molecule has 1 aromatic rings. The van der Waals surface area contributed by atoms with Gasteiger partial charge >= 0.3 is 0 Å². The van der Waals surface area contributed by atoms with Crippen LogP contribution in [0.25, 0.3) is 0 Å². The Bertz CT molecular complexity index is 339. The number of hydrogen-bond donors (Lipinski definition) is 1. The molecule has 0 saturated carbocycles. The molecule has 0 aliphatic carbocycles. The number of halogens is 3. The summed E-state index contributed by atoms with van der Waals surface area (Å²) in [5, 5.41) is 4.80. The highest BCUT2D eigenvalue weighted by molar-refractivity contribution is 9.10. The molecule has 96 valence electrons. The normalized spacial score (nSPS) is 10.9. The minimum absolute atomic E-state index is 0.446. The first kappa shape index (κ1) is 15.1. The predicted octanol–water partition coefficient (Wildman–Crippen LogP) is 6.14. The van der Waals surface area contributed by atoms with Crippen LogP contribution in [0, 0.1) is 0 Å². The molecule has 0 radical (unpaired) electrons. The van der Waals surface area contributed by atoms with Crippen LogP contribution >= 0.6 is 39.1 Å². The lowest BCUT2D eigenvalue weighted by molar-refractivity contribution is 0.586. The third kappa shape index (κ3) is 4.69. The van der Waals surface area contributed by atoms with Gasteiger partial charge in [0, 0.05) is 10.5 Å². The van der Waals surface area contributed by atoms with Gasteiger partial charge in [0.25, 0.3) is 0 Å². The van der Waals surface area contributed by atoms with Crippen LogP contribution in [-0.2, 0) is 0 Å². The summed E-state index contributed by atoms with van der Waals surface area (Å²) < 4.78 is 0.903. The average Bonchev–Trinajstić information content (AvgIpc) is 2.23. The maximum Gasteiger partial charge on any atom is 0.0721 e. The molecule has 1 nitrogen and oxygen atoms in total. The summed E-state index contributed by atoms with van der Waals surface area (Å²) in [6.07, 6.45) is 4.58. The van der Waals surface area contributed by atoms with Gasteiger partial charge in [-0.15, -0.1) is 0 Å². The molecule has 1 N–H and O–H groups in total. The van der Waals surface area contributed by atoms with Crippen molar-refractivity contribution in [3.8, 4) is 0 Å². The third-order valence-electron chi connectivity index (χ3n) is 2.63. The predicted molar refractivity (Wildman–Crippen MR) is 81.4 cm³/mol. The molecule has 17 heavy (non-hydrogen) atoms. The lowest BCUT2D eigenvalue weighted by Gasteiger charge is -2.20. The highest BCUT2D eigenvalue weighted by Crippen LogP contribution is 2.34. The largest absolute Gasteiger partial charge is 0.380 e. The van der Waals surface area contributed by atoms with Crippen LogP contribution in [0.3, 0.4) is 0 Å². The number of nitrogens with one attached hydrogen (secondary N) is 1. The third-order valence-corrected chi connectivity index (χ3v) is 3.68. The molecule has 0 saturated heterocycles. The van der Waals surface area contributed by atoms with E-state index in [-0.39, 0.29) is 0 Å². The van der Waals surface area contributed by atoms with Crippen molar-refractivity contribution in [2.75, 3.05) is 5.32 Å². The summed E-state index contributed by atoms with van der Waals surface area (Å²) in [5.74, 6) is 0. The average molecular weight is 339 g/mol. The molecule has 0 heterocycles. The van der Waals surface area contributed by atoms with Gasteiger partial charge in [-0.1, -0.05) is 65.8 Å². The summed E-state index contributed by atoms with van der Waals surface area (Å²) in [6.45, 7) is 4.38. The van der Waals surface area contributed by atoms with Crippen LogP contribution in [0.4, 0.5) is 5.69 Å². The fourth-order valence-electron chi connectivity index (χ4n) is 1.87. The SMILES string of the molecule is CCCC(CCC)Nc1c(Cl)cc(Br)cc1Cl. The zero-order chi connectivity index (χ0) is 12.8. The Balaban J connectivity index is 2.84. The Morgan fingerprint density at radius 1 is 1.12 bits per heavy atom. The standard InChI is InChI=1S/C13H18BrCl2N/c1-3-5-10(6-4-2)17-13-11(15)7-9(14)8-12(13)16/h7-8,10,17H,3-6H2,1-2H3. The van der Waals surface area contributed by atoms with Gasteiger partial charge in [0.2, 0.25) is 0 Å². The minimum atomic E-state index is 0.446. The van der Waals surface area contributed by atoms with Gasteiger partial charge in [0.05, 0.1) is 15.7 Å². The van der Waals surface area contributed by atoms with E-state index < -0.39 is 0 Å². The summed E-state index contributed by atoms with van der Waals surface area (Å²) in [6, 6.07) is 4.18. The highest BCUT2D eigenvalue weighted by atomic mass is 79.9. The van der Waals surface area contributed by atoms with E-state index in [0.717, 1.165) is 35.8 Å². The molecule has 0 aromatic heterocycles. The first-order chi connectivity index (χ1) is 8.08. The molecule has 0 spiro atoms. The molecule has 0 fully saturated rings. The second kappa shape index (κ2) is 7.50. The maximum absolute atomic E-state index is 6.20. The van der Waals surface area contributed by atoms with Gasteiger partial charge in [-0.2, -0.15) is 0 Å². The Morgan fingerprint density at radius 2 is 1.59 bits per heavy atom. The van der Waals surface area contributed by atoms with Crippen LogP contribution in [0.15, 0.2) is 16.6 Å². The molecule has 1 rings (SSSR count). The van der Waals surface area contributed by atoms with E-state index in [1.807, 2.05) is 12.1 Å². The number of hydrogen-bond acceptors (Lipinski definition) is 1. The Kier molecular flexibility index (Phi) is 6.68. The second-order valence-electron chi connectivity index (χ2n) is 4.16. The molecular formula is C13H18BrCl2N. The quantitative estimate of drug-likeness (QED) is 0.657. The number of rotatable bonds is 6. The van der Waals surface area contributed by atoms with E-state index in [2.05, 4.69) is 35.1 Å². The molecule has 0 atom stereocenters. The maximum atomic E-state index is 6.20. The summed E-state index contributed by atoms with van der Waals surface area (Å²) in [5.41, 5.74) is 0.850. The van der Waals surface area contributed by atoms with E-state index in [1.54, 1.807) is 0 Å². The van der Waals surface area contributed by atoms with Gasteiger partial charge in [0.15, 0.2) is 0 Å². The first-order valence-corrected chi connectivity index (χ1v) is 7.54. The monoisotopic (exact) mass is 337 g/mol. The van der Waals surface area contributed by atoms with Crippen LogP contribution in [0.2, 0.25) is 10.0 Å². The summed E-state index contributed by atoms with van der Waals surface area (Å²) >= 11 is 15.8. The zero-order valence-electron chi connectivity index (χ0n) is 10.2. The van der Waals surface area contributed by atoms with Gasteiger partial charge in [-0.3, -0.25) is 0 Å². The second-order valence-corrected chi connectivity index (χ2v) is 5.89. The first-order valence-electron chi connectivity index (χ1n) is 5.99. The van der Waals surface area contributed by atoms with Crippen LogP contribution < -0.4 is 5.32 Å². The van der Waals surface area contributed by atoms with Gasteiger partial charge in [0.1, 0.15) is 0 Å². The van der Waals surface area contributed by atoms with Crippen molar-refractivity contribution in [1.29, 1.82) is 0 Å². The van der Waals surface area contributed by atoms with Crippen molar-refractivity contribution < 1.29 is 0 Å². The van der Waals surface area contributed by atoms with Crippen molar-refractivity contribution in [3.63, 3.8) is 0 Å². The Labute approximate surface area is 122 Å². The van der Waals surface area contributed by atoms with Gasteiger partial charge in [-0.05, 0) is 25.0 Å². The van der Waals surface area contributed by atoms with E-state index in [9.17, 15) is 0 Å². The zero-order valence-corrected chi connectivity index (χ0v) is 13.3. The topological polar surface area (TPSA) is 12.0 Å². The fraction of sp³-hybridized carbons (Fsp3) is 0.538. The van der Waals surface area contributed by atoms with E-state index in [4.69, 9.17) is 23.2 Å². The number of benzene rings is 1. The van der Waals surface area contributed by atoms with Crippen molar-refractivity contribution in [1.82, 2.24) is 0 Å². The summed E-state index contributed by atoms with van der Waals surface area (Å²) in [4.78, 5) is 0. The lowest BCUT2D eigenvalue weighted by atomic mass is 10.1. The minimum Gasteiger partial charge on any atom is -0.380 e. The molecule has 0 bridgehead atoms. The van der Waals surface area contributed by atoms with Crippen molar-refractivity contribution >= 4 is 44.8 Å². The van der Waals surface area contributed by atoms with Gasteiger partial charge < -0.3 is 5.32 Å². The van der Waals surface area contributed by atoms with Crippen molar-refractivity contribution in [2.24, 2.45) is 0 Å². The highest BCUT2D eigenvalue weighted by Gasteiger charge is 2.12. The number of anilines is 1. The Hall–Kier alpha value is 0.0800. The molecule has 0 unspecified atom stereocenters. The Morgan fingerprint density at radius 3 is 2.00 bits per heavy atom. The lowest BCUT2D eigenvalue weighted by Crippen LogP contribution is -2.19. The molecule has 1 aromatic carbocycles. The van der Waals surface area contributed by atoms with Crippen LogP contribution in [0.5, 0.6) is 0 Å². The molecule has 0 amide bonds. The molecule has 4 heteroatoms.